The monoisotopic (exact) mass is 418 g/mol. The number of aliphatic hydroxyl groups is 1. The second-order valence-electron chi connectivity index (χ2n) is 8.92. The summed E-state index contributed by atoms with van der Waals surface area (Å²) in [6.45, 7) is 5.91. The van der Waals surface area contributed by atoms with Crippen LogP contribution in [-0.2, 0) is 18.3 Å². The molecule has 0 aliphatic carbocycles. The van der Waals surface area contributed by atoms with Gasteiger partial charge < -0.3 is 14.8 Å². The number of hydrogen-bond donors (Lipinski definition) is 2. The molecule has 0 spiro atoms. The standard InChI is InChI=1S/C23H25F3N2O2/c1-14-8-16-5-7-30-20(16)18(9-14)21(2,3)13-22(29,23(24,25)26)11-17-10-15-4-6-27-12-19(15)28-17/h4,6,8-10,12,28-29H,5,7,11,13H2,1-3H3. The normalized spacial score (nSPS) is 16.4. The van der Waals surface area contributed by atoms with Crippen LogP contribution in [0.4, 0.5) is 13.2 Å². The molecular formula is C23H25F3N2O2. The van der Waals surface area contributed by atoms with Crippen molar-refractivity contribution < 1.29 is 23.0 Å². The van der Waals surface area contributed by atoms with E-state index in [0.717, 1.165) is 22.9 Å². The first-order valence-corrected chi connectivity index (χ1v) is 9.96. The zero-order valence-corrected chi connectivity index (χ0v) is 17.2. The summed E-state index contributed by atoms with van der Waals surface area (Å²) in [6.07, 6.45) is -1.97. The number of alkyl halides is 3. The predicted octanol–water partition coefficient (Wildman–Crippen LogP) is 5.01. The fourth-order valence-electron chi connectivity index (χ4n) is 4.50. The number of fused-ring (bicyclic) bond motifs is 2. The summed E-state index contributed by atoms with van der Waals surface area (Å²) >= 11 is 0. The molecule has 7 heteroatoms. The maximum atomic E-state index is 14.1. The molecule has 1 atom stereocenters. The molecule has 30 heavy (non-hydrogen) atoms. The first-order valence-electron chi connectivity index (χ1n) is 9.96. The lowest BCUT2D eigenvalue weighted by Crippen LogP contribution is -2.51. The molecule has 4 rings (SSSR count). The van der Waals surface area contributed by atoms with E-state index >= 15 is 0 Å². The Balaban J connectivity index is 1.71. The van der Waals surface area contributed by atoms with Crippen molar-refractivity contribution in [3.63, 3.8) is 0 Å². The van der Waals surface area contributed by atoms with Gasteiger partial charge in [-0.05, 0) is 36.5 Å². The molecule has 4 nitrogen and oxygen atoms in total. The predicted molar refractivity (Wildman–Crippen MR) is 109 cm³/mol. The fourth-order valence-corrected chi connectivity index (χ4v) is 4.50. The highest BCUT2D eigenvalue weighted by atomic mass is 19.4. The van der Waals surface area contributed by atoms with Crippen LogP contribution in [0, 0.1) is 6.92 Å². The summed E-state index contributed by atoms with van der Waals surface area (Å²) in [7, 11) is 0. The minimum Gasteiger partial charge on any atom is -0.493 e. The molecule has 1 unspecified atom stereocenters. The van der Waals surface area contributed by atoms with Crippen LogP contribution in [-0.4, -0.2) is 33.5 Å². The molecular weight excluding hydrogens is 393 g/mol. The van der Waals surface area contributed by atoms with Gasteiger partial charge in [0, 0.05) is 35.7 Å². The zero-order valence-electron chi connectivity index (χ0n) is 17.2. The van der Waals surface area contributed by atoms with Gasteiger partial charge in [0.05, 0.1) is 18.3 Å². The SMILES string of the molecule is Cc1cc2c(c(C(C)(C)CC(O)(Cc3cc4ccncc4[nH]3)C(F)(F)F)c1)OCC2. The van der Waals surface area contributed by atoms with Crippen molar-refractivity contribution in [3.05, 3.63) is 59.0 Å². The van der Waals surface area contributed by atoms with Crippen molar-refractivity contribution in [1.82, 2.24) is 9.97 Å². The molecule has 2 aromatic heterocycles. The lowest BCUT2D eigenvalue weighted by atomic mass is 9.72. The number of benzene rings is 1. The van der Waals surface area contributed by atoms with Gasteiger partial charge in [-0.3, -0.25) is 4.98 Å². The van der Waals surface area contributed by atoms with Crippen molar-refractivity contribution in [1.29, 1.82) is 0 Å². The van der Waals surface area contributed by atoms with Gasteiger partial charge in [-0.2, -0.15) is 13.2 Å². The van der Waals surface area contributed by atoms with Crippen LogP contribution in [0.3, 0.4) is 0 Å². The number of pyridine rings is 1. The van der Waals surface area contributed by atoms with E-state index in [0.29, 0.717) is 29.1 Å². The third kappa shape index (κ3) is 3.67. The van der Waals surface area contributed by atoms with Crippen LogP contribution >= 0.6 is 0 Å². The van der Waals surface area contributed by atoms with Crippen molar-refractivity contribution in [3.8, 4) is 5.75 Å². The average molecular weight is 418 g/mol. The molecule has 0 saturated carbocycles. The van der Waals surface area contributed by atoms with Gasteiger partial charge in [-0.15, -0.1) is 0 Å². The molecule has 2 N–H and O–H groups in total. The van der Waals surface area contributed by atoms with E-state index in [-0.39, 0.29) is 0 Å². The summed E-state index contributed by atoms with van der Waals surface area (Å²) in [5.41, 5.74) is -0.213. The highest BCUT2D eigenvalue weighted by molar-refractivity contribution is 5.79. The topological polar surface area (TPSA) is 58.1 Å². The van der Waals surface area contributed by atoms with E-state index in [9.17, 15) is 18.3 Å². The molecule has 0 fully saturated rings. The van der Waals surface area contributed by atoms with Gasteiger partial charge in [0.15, 0.2) is 5.60 Å². The maximum Gasteiger partial charge on any atom is 0.417 e. The molecule has 0 radical (unpaired) electrons. The van der Waals surface area contributed by atoms with E-state index in [2.05, 4.69) is 9.97 Å². The van der Waals surface area contributed by atoms with Crippen molar-refractivity contribution in [2.24, 2.45) is 0 Å². The lowest BCUT2D eigenvalue weighted by molar-refractivity contribution is -0.266. The molecule has 0 bridgehead atoms. The van der Waals surface area contributed by atoms with Gasteiger partial charge in [0.1, 0.15) is 5.75 Å². The van der Waals surface area contributed by atoms with Crippen LogP contribution in [0.25, 0.3) is 10.9 Å². The molecule has 160 valence electrons. The largest absolute Gasteiger partial charge is 0.493 e. The van der Waals surface area contributed by atoms with Crippen molar-refractivity contribution >= 4 is 10.9 Å². The number of nitrogens with one attached hydrogen (secondary N) is 1. The quantitative estimate of drug-likeness (QED) is 0.612. The number of H-pyrrole nitrogens is 1. The fraction of sp³-hybridized carbons (Fsp3) is 0.435. The molecule has 1 aliphatic heterocycles. The van der Waals surface area contributed by atoms with E-state index < -0.39 is 30.0 Å². The number of aromatic amines is 1. The third-order valence-electron chi connectivity index (χ3n) is 5.88. The summed E-state index contributed by atoms with van der Waals surface area (Å²) in [5, 5.41) is 11.7. The number of hydrogen-bond acceptors (Lipinski definition) is 3. The number of ether oxygens (including phenoxy) is 1. The summed E-state index contributed by atoms with van der Waals surface area (Å²) < 4.78 is 48.2. The average Bonchev–Trinajstić information content (AvgIpc) is 3.24. The van der Waals surface area contributed by atoms with Gasteiger partial charge in [0.2, 0.25) is 0 Å². The van der Waals surface area contributed by atoms with Gasteiger partial charge in [-0.1, -0.05) is 31.5 Å². The number of nitrogens with zero attached hydrogens (tertiary/aromatic N) is 1. The van der Waals surface area contributed by atoms with E-state index in [4.69, 9.17) is 4.74 Å². The Hall–Kier alpha value is -2.54. The van der Waals surface area contributed by atoms with Crippen LogP contribution in [0.5, 0.6) is 5.75 Å². The Kier molecular flexibility index (Phi) is 4.84. The Bertz CT molecular complexity index is 1050. The highest BCUT2D eigenvalue weighted by Crippen LogP contribution is 2.47. The zero-order chi connectivity index (χ0) is 21.7. The molecule has 3 heterocycles. The van der Waals surface area contributed by atoms with E-state index in [1.807, 2.05) is 19.1 Å². The van der Waals surface area contributed by atoms with E-state index in [1.54, 1.807) is 38.4 Å². The molecule has 0 saturated heterocycles. The van der Waals surface area contributed by atoms with Gasteiger partial charge in [0.25, 0.3) is 0 Å². The Labute approximate surface area is 173 Å². The molecule has 1 aliphatic rings. The number of aromatic nitrogens is 2. The maximum absolute atomic E-state index is 14.1. The minimum atomic E-state index is -4.80. The Morgan fingerprint density at radius 3 is 2.67 bits per heavy atom. The molecule has 0 amide bonds. The number of rotatable bonds is 5. The second-order valence-corrected chi connectivity index (χ2v) is 8.92. The van der Waals surface area contributed by atoms with Crippen LogP contribution < -0.4 is 4.74 Å². The Morgan fingerprint density at radius 2 is 1.97 bits per heavy atom. The molecule has 1 aromatic carbocycles. The van der Waals surface area contributed by atoms with Crippen LogP contribution in [0.2, 0.25) is 0 Å². The summed E-state index contributed by atoms with van der Waals surface area (Å²) in [4.78, 5) is 6.93. The lowest BCUT2D eigenvalue weighted by Gasteiger charge is -2.38. The van der Waals surface area contributed by atoms with Crippen LogP contribution in [0.15, 0.2) is 36.7 Å². The van der Waals surface area contributed by atoms with Crippen molar-refractivity contribution in [2.45, 2.75) is 57.2 Å². The first kappa shape index (κ1) is 20.7. The van der Waals surface area contributed by atoms with Crippen molar-refractivity contribution in [2.75, 3.05) is 6.61 Å². The third-order valence-corrected chi connectivity index (χ3v) is 5.88. The second kappa shape index (κ2) is 7.01. The summed E-state index contributed by atoms with van der Waals surface area (Å²) in [6, 6.07) is 7.24. The minimum absolute atomic E-state index is 0.319. The van der Waals surface area contributed by atoms with Crippen LogP contribution in [0.1, 0.15) is 42.7 Å². The summed E-state index contributed by atoms with van der Waals surface area (Å²) in [5.74, 6) is 0.659. The smallest absolute Gasteiger partial charge is 0.417 e. The Morgan fingerprint density at radius 1 is 1.20 bits per heavy atom. The first-order chi connectivity index (χ1) is 14.0. The number of halogens is 3. The highest BCUT2D eigenvalue weighted by Gasteiger charge is 2.56. The van der Waals surface area contributed by atoms with E-state index in [1.165, 1.54) is 0 Å². The van der Waals surface area contributed by atoms with Gasteiger partial charge >= 0.3 is 6.18 Å². The molecule has 3 aromatic rings. The van der Waals surface area contributed by atoms with Gasteiger partial charge in [-0.25, -0.2) is 0 Å². The number of aryl methyl sites for hydroxylation is 1.